The molecular formula is C29H30BrNO6. The molecule has 37 heavy (non-hydrogen) atoms. The molecule has 0 amide bonds. The van der Waals surface area contributed by atoms with Crippen molar-refractivity contribution < 1.29 is 28.6 Å². The van der Waals surface area contributed by atoms with Gasteiger partial charge in [0.15, 0.2) is 5.78 Å². The van der Waals surface area contributed by atoms with Crippen LogP contribution in [-0.2, 0) is 23.9 Å². The number of carbonyl (C=O) groups excluding carboxylic acids is 3. The lowest BCUT2D eigenvalue weighted by Gasteiger charge is -2.39. The second-order valence-corrected chi connectivity index (χ2v) is 9.86. The van der Waals surface area contributed by atoms with Gasteiger partial charge in [-0.1, -0.05) is 40.2 Å². The van der Waals surface area contributed by atoms with Crippen LogP contribution in [0, 0.1) is 5.92 Å². The van der Waals surface area contributed by atoms with Crippen molar-refractivity contribution in [3.05, 3.63) is 86.7 Å². The van der Waals surface area contributed by atoms with E-state index in [0.29, 0.717) is 34.7 Å². The van der Waals surface area contributed by atoms with Crippen LogP contribution in [0.25, 0.3) is 0 Å². The summed E-state index contributed by atoms with van der Waals surface area (Å²) in [6.45, 7) is 5.63. The van der Waals surface area contributed by atoms with Gasteiger partial charge >= 0.3 is 11.9 Å². The second kappa shape index (κ2) is 11.3. The molecule has 0 spiro atoms. The van der Waals surface area contributed by atoms with Gasteiger partial charge in [-0.3, -0.25) is 9.59 Å². The predicted molar refractivity (Wildman–Crippen MR) is 142 cm³/mol. The first kappa shape index (κ1) is 26.7. The van der Waals surface area contributed by atoms with Gasteiger partial charge < -0.3 is 19.5 Å². The van der Waals surface area contributed by atoms with Gasteiger partial charge in [-0.15, -0.1) is 0 Å². The molecule has 1 heterocycles. The number of benzene rings is 2. The Labute approximate surface area is 225 Å². The first-order chi connectivity index (χ1) is 17.8. The highest BCUT2D eigenvalue weighted by molar-refractivity contribution is 9.10. The fourth-order valence-electron chi connectivity index (χ4n) is 5.20. The molecule has 0 saturated heterocycles. The maximum absolute atomic E-state index is 14.3. The van der Waals surface area contributed by atoms with Crippen LogP contribution in [-0.4, -0.2) is 38.0 Å². The lowest BCUT2D eigenvalue weighted by atomic mass is 9.67. The maximum atomic E-state index is 14.3. The normalized spacial score (nSPS) is 21.2. The second-order valence-electron chi connectivity index (χ2n) is 8.94. The molecule has 0 bridgehead atoms. The number of Topliss-reactive ketones (excluding diaryl/α,β-unsaturated/α-hetero) is 1. The zero-order valence-corrected chi connectivity index (χ0v) is 22.9. The summed E-state index contributed by atoms with van der Waals surface area (Å²) in [6, 6.07) is 14.9. The van der Waals surface area contributed by atoms with Gasteiger partial charge in [-0.05, 0) is 62.6 Å². The zero-order valence-electron chi connectivity index (χ0n) is 21.3. The Kier molecular flexibility index (Phi) is 8.17. The van der Waals surface area contributed by atoms with Crippen LogP contribution in [0.3, 0.4) is 0 Å². The summed E-state index contributed by atoms with van der Waals surface area (Å²) in [5, 5.41) is 3.32. The number of rotatable bonds is 7. The van der Waals surface area contributed by atoms with E-state index < -0.39 is 29.7 Å². The van der Waals surface area contributed by atoms with Gasteiger partial charge in [-0.2, -0.15) is 0 Å². The van der Waals surface area contributed by atoms with Crippen molar-refractivity contribution in [2.75, 3.05) is 20.3 Å². The number of dihydropyridines is 1. The van der Waals surface area contributed by atoms with Crippen LogP contribution in [0.1, 0.15) is 50.2 Å². The number of ether oxygens (including phenoxy) is 3. The average molecular weight is 568 g/mol. The van der Waals surface area contributed by atoms with E-state index in [1.807, 2.05) is 55.5 Å². The molecule has 0 unspecified atom stereocenters. The number of nitrogens with one attached hydrogen (secondary N) is 1. The van der Waals surface area contributed by atoms with Crippen molar-refractivity contribution in [2.24, 2.45) is 5.92 Å². The molecule has 1 N–H and O–H groups in total. The highest BCUT2D eigenvalue weighted by Crippen LogP contribution is 2.48. The molecule has 3 atom stereocenters. The number of esters is 2. The van der Waals surface area contributed by atoms with E-state index in [-0.39, 0.29) is 19.0 Å². The Balaban J connectivity index is 1.88. The quantitative estimate of drug-likeness (QED) is 0.364. The van der Waals surface area contributed by atoms with Crippen LogP contribution < -0.4 is 10.1 Å². The Bertz CT molecular complexity index is 1280. The molecule has 0 aromatic heterocycles. The summed E-state index contributed by atoms with van der Waals surface area (Å²) in [7, 11) is 1.59. The van der Waals surface area contributed by atoms with Crippen molar-refractivity contribution in [3.8, 4) is 5.75 Å². The molecule has 0 radical (unpaired) electrons. The molecule has 2 aromatic carbocycles. The first-order valence-corrected chi connectivity index (χ1v) is 13.1. The van der Waals surface area contributed by atoms with Crippen LogP contribution in [0.4, 0.5) is 0 Å². The van der Waals surface area contributed by atoms with E-state index in [1.165, 1.54) is 0 Å². The summed E-state index contributed by atoms with van der Waals surface area (Å²) >= 11 is 3.51. The molecule has 0 fully saturated rings. The zero-order chi connectivity index (χ0) is 26.7. The standard InChI is InChI=1S/C29H30BrNO6/c1-5-36-28(33)23-16(3)31-22-15-21(17-10-12-20(35-4)13-11-17)25(29(34)37-6-2)27(32)26(22)24(23)18-8-7-9-19(30)14-18/h7-14,21,24-25,31H,5-6,15H2,1-4H3/t21-,24+,25-/m1/s1. The fourth-order valence-corrected chi connectivity index (χ4v) is 5.62. The van der Waals surface area contributed by atoms with E-state index in [0.717, 1.165) is 15.6 Å². The van der Waals surface area contributed by atoms with Crippen molar-refractivity contribution in [2.45, 2.75) is 39.0 Å². The fraction of sp³-hybridized carbons (Fsp3) is 0.345. The Hall–Kier alpha value is -3.39. The number of carbonyl (C=O) groups is 3. The molecule has 1 aliphatic carbocycles. The highest BCUT2D eigenvalue weighted by atomic mass is 79.9. The number of allylic oxidation sites excluding steroid dienone is 3. The largest absolute Gasteiger partial charge is 0.497 e. The van der Waals surface area contributed by atoms with Gasteiger partial charge in [0.25, 0.3) is 0 Å². The number of halogens is 1. The summed E-state index contributed by atoms with van der Waals surface area (Å²) in [5.74, 6) is -2.92. The van der Waals surface area contributed by atoms with Crippen LogP contribution in [0.15, 0.2) is 75.5 Å². The third-order valence-corrected chi connectivity index (χ3v) is 7.27. The minimum atomic E-state index is -1.05. The van der Waals surface area contributed by atoms with Crippen molar-refractivity contribution in [3.63, 3.8) is 0 Å². The van der Waals surface area contributed by atoms with E-state index in [1.54, 1.807) is 21.0 Å². The van der Waals surface area contributed by atoms with E-state index in [2.05, 4.69) is 21.2 Å². The van der Waals surface area contributed by atoms with Crippen LogP contribution >= 0.6 is 15.9 Å². The molecule has 194 valence electrons. The van der Waals surface area contributed by atoms with Gasteiger partial charge in [0.2, 0.25) is 0 Å². The average Bonchev–Trinajstić information content (AvgIpc) is 2.88. The first-order valence-electron chi connectivity index (χ1n) is 12.3. The number of ketones is 1. The number of hydrogen-bond acceptors (Lipinski definition) is 7. The van der Waals surface area contributed by atoms with Crippen LogP contribution in [0.5, 0.6) is 5.75 Å². The molecule has 2 aromatic rings. The minimum Gasteiger partial charge on any atom is -0.497 e. The lowest BCUT2D eigenvalue weighted by molar-refractivity contribution is -0.152. The number of methoxy groups -OCH3 is 1. The Morgan fingerprint density at radius 2 is 1.73 bits per heavy atom. The van der Waals surface area contributed by atoms with E-state index in [4.69, 9.17) is 14.2 Å². The Morgan fingerprint density at radius 1 is 1.03 bits per heavy atom. The predicted octanol–water partition coefficient (Wildman–Crippen LogP) is 5.17. The topological polar surface area (TPSA) is 90.9 Å². The SMILES string of the molecule is CCOC(=O)C1=C(C)NC2=C(C(=O)[C@H](C(=O)OCC)[C@@H](c3ccc(OC)cc3)C2)[C@H]1c1cccc(Br)c1. The van der Waals surface area contributed by atoms with Gasteiger partial charge in [0.05, 0.1) is 25.9 Å². The van der Waals surface area contributed by atoms with Gasteiger partial charge in [0, 0.05) is 33.3 Å². The third kappa shape index (κ3) is 5.21. The van der Waals surface area contributed by atoms with Gasteiger partial charge in [-0.25, -0.2) is 4.79 Å². The Morgan fingerprint density at radius 3 is 2.35 bits per heavy atom. The molecule has 2 aliphatic rings. The molecule has 0 saturated carbocycles. The van der Waals surface area contributed by atoms with Gasteiger partial charge in [0.1, 0.15) is 11.7 Å². The summed E-state index contributed by atoms with van der Waals surface area (Å²) in [5.41, 5.74) is 3.66. The van der Waals surface area contributed by atoms with Crippen molar-refractivity contribution in [1.82, 2.24) is 5.32 Å². The minimum absolute atomic E-state index is 0.157. The summed E-state index contributed by atoms with van der Waals surface area (Å²) in [4.78, 5) is 40.7. The maximum Gasteiger partial charge on any atom is 0.336 e. The summed E-state index contributed by atoms with van der Waals surface area (Å²) < 4.78 is 16.9. The molecular weight excluding hydrogens is 538 g/mol. The third-order valence-electron chi connectivity index (χ3n) is 6.78. The van der Waals surface area contributed by atoms with E-state index >= 15 is 0 Å². The molecule has 7 nitrogen and oxygen atoms in total. The van der Waals surface area contributed by atoms with Crippen molar-refractivity contribution in [1.29, 1.82) is 0 Å². The smallest absolute Gasteiger partial charge is 0.336 e. The monoisotopic (exact) mass is 567 g/mol. The number of hydrogen-bond donors (Lipinski definition) is 1. The molecule has 1 aliphatic heterocycles. The van der Waals surface area contributed by atoms with Crippen LogP contribution in [0.2, 0.25) is 0 Å². The summed E-state index contributed by atoms with van der Waals surface area (Å²) in [6.07, 6.45) is 0.398. The molecule has 8 heteroatoms. The van der Waals surface area contributed by atoms with E-state index in [9.17, 15) is 14.4 Å². The lowest BCUT2D eigenvalue weighted by Crippen LogP contribution is -2.43. The highest BCUT2D eigenvalue weighted by Gasteiger charge is 2.49. The van der Waals surface area contributed by atoms with Crippen molar-refractivity contribution >= 4 is 33.7 Å². The molecule has 4 rings (SSSR count).